The predicted octanol–water partition coefficient (Wildman–Crippen LogP) is 1.93. The Balaban J connectivity index is 1.98. The fourth-order valence-electron chi connectivity index (χ4n) is 2.33. The lowest BCUT2D eigenvalue weighted by molar-refractivity contribution is -0.130. The van der Waals surface area contributed by atoms with Crippen LogP contribution in [0.2, 0.25) is 0 Å². The molecule has 1 heterocycles. The Morgan fingerprint density at radius 1 is 1.32 bits per heavy atom. The van der Waals surface area contributed by atoms with Gasteiger partial charge in [-0.15, -0.1) is 0 Å². The van der Waals surface area contributed by atoms with Crippen molar-refractivity contribution in [3.63, 3.8) is 0 Å². The highest BCUT2D eigenvalue weighted by Crippen LogP contribution is 2.23. The van der Waals surface area contributed by atoms with Gasteiger partial charge in [-0.3, -0.25) is 10.1 Å². The van der Waals surface area contributed by atoms with E-state index < -0.39 is 0 Å². The number of amides is 1. The van der Waals surface area contributed by atoms with Gasteiger partial charge in [0, 0.05) is 6.54 Å². The Labute approximate surface area is 114 Å². The summed E-state index contributed by atoms with van der Waals surface area (Å²) in [6.45, 7) is 7.22. The number of rotatable bonds is 5. The van der Waals surface area contributed by atoms with E-state index in [4.69, 9.17) is 4.74 Å². The van der Waals surface area contributed by atoms with Crippen molar-refractivity contribution in [3.8, 4) is 0 Å². The van der Waals surface area contributed by atoms with Crippen LogP contribution < -0.4 is 5.32 Å². The molecule has 0 radical (unpaired) electrons. The van der Waals surface area contributed by atoms with Crippen molar-refractivity contribution in [3.05, 3.63) is 35.9 Å². The van der Waals surface area contributed by atoms with Crippen LogP contribution in [-0.4, -0.2) is 36.2 Å². The molecule has 19 heavy (non-hydrogen) atoms. The van der Waals surface area contributed by atoms with Crippen LogP contribution in [-0.2, 0) is 9.53 Å². The SMILES string of the molecule is CC(C)OCCN1C(=O)C(c2ccccc2)NC1C. The van der Waals surface area contributed by atoms with Crippen molar-refractivity contribution in [1.29, 1.82) is 0 Å². The minimum atomic E-state index is -0.227. The molecule has 1 aliphatic heterocycles. The van der Waals surface area contributed by atoms with Gasteiger partial charge in [0.05, 0.1) is 18.9 Å². The molecule has 2 unspecified atom stereocenters. The van der Waals surface area contributed by atoms with Gasteiger partial charge in [-0.2, -0.15) is 0 Å². The second-order valence-electron chi connectivity index (χ2n) is 5.14. The van der Waals surface area contributed by atoms with Crippen molar-refractivity contribution >= 4 is 5.91 Å². The molecule has 1 N–H and O–H groups in total. The number of nitrogens with zero attached hydrogens (tertiary/aromatic N) is 1. The molecule has 1 aromatic carbocycles. The van der Waals surface area contributed by atoms with Crippen LogP contribution in [0.4, 0.5) is 0 Å². The summed E-state index contributed by atoms with van der Waals surface area (Å²) in [5.41, 5.74) is 1.02. The second-order valence-corrected chi connectivity index (χ2v) is 5.14. The normalized spacial score (nSPS) is 23.4. The fourth-order valence-corrected chi connectivity index (χ4v) is 2.33. The third-order valence-corrected chi connectivity index (χ3v) is 3.32. The molecule has 0 aliphatic carbocycles. The van der Waals surface area contributed by atoms with E-state index in [9.17, 15) is 4.79 Å². The highest BCUT2D eigenvalue weighted by atomic mass is 16.5. The van der Waals surface area contributed by atoms with Crippen LogP contribution >= 0.6 is 0 Å². The Morgan fingerprint density at radius 2 is 2.00 bits per heavy atom. The van der Waals surface area contributed by atoms with Crippen molar-refractivity contribution in [2.45, 2.75) is 39.1 Å². The Morgan fingerprint density at radius 3 is 2.63 bits per heavy atom. The third-order valence-electron chi connectivity index (χ3n) is 3.32. The first kappa shape index (κ1) is 14.0. The van der Waals surface area contributed by atoms with E-state index in [-0.39, 0.29) is 24.2 Å². The Hall–Kier alpha value is -1.39. The summed E-state index contributed by atoms with van der Waals surface area (Å²) in [4.78, 5) is 14.2. The van der Waals surface area contributed by atoms with E-state index in [0.717, 1.165) is 5.56 Å². The summed E-state index contributed by atoms with van der Waals surface area (Å²) in [6.07, 6.45) is 0.249. The van der Waals surface area contributed by atoms with E-state index in [2.05, 4.69) is 5.32 Å². The molecular formula is C15H22N2O2. The lowest BCUT2D eigenvalue weighted by Crippen LogP contribution is -2.37. The molecule has 2 atom stereocenters. The van der Waals surface area contributed by atoms with Crippen LogP contribution in [0, 0.1) is 0 Å². The van der Waals surface area contributed by atoms with Gasteiger partial charge in [-0.05, 0) is 26.3 Å². The zero-order chi connectivity index (χ0) is 13.8. The molecule has 1 fully saturated rings. The summed E-state index contributed by atoms with van der Waals surface area (Å²) in [5, 5.41) is 3.33. The fraction of sp³-hybridized carbons (Fsp3) is 0.533. The minimum Gasteiger partial charge on any atom is -0.377 e. The van der Waals surface area contributed by atoms with Crippen molar-refractivity contribution in [2.75, 3.05) is 13.2 Å². The van der Waals surface area contributed by atoms with Crippen LogP contribution in [0.25, 0.3) is 0 Å². The van der Waals surface area contributed by atoms with Gasteiger partial charge >= 0.3 is 0 Å². The topological polar surface area (TPSA) is 41.6 Å². The number of carbonyl (C=O) groups excluding carboxylic acids is 1. The summed E-state index contributed by atoms with van der Waals surface area (Å²) in [7, 11) is 0. The van der Waals surface area contributed by atoms with Gasteiger partial charge < -0.3 is 9.64 Å². The molecule has 1 saturated heterocycles. The molecular weight excluding hydrogens is 240 g/mol. The van der Waals surface area contributed by atoms with Crippen LogP contribution in [0.1, 0.15) is 32.4 Å². The average molecular weight is 262 g/mol. The smallest absolute Gasteiger partial charge is 0.245 e. The number of carbonyl (C=O) groups is 1. The molecule has 1 aromatic rings. The summed E-state index contributed by atoms with van der Waals surface area (Å²) in [6, 6.07) is 9.61. The molecule has 104 valence electrons. The maximum absolute atomic E-state index is 12.4. The highest BCUT2D eigenvalue weighted by Gasteiger charge is 2.36. The molecule has 0 bridgehead atoms. The zero-order valence-corrected chi connectivity index (χ0v) is 11.8. The van der Waals surface area contributed by atoms with Gasteiger partial charge in [0.15, 0.2) is 0 Å². The number of ether oxygens (including phenoxy) is 1. The largest absolute Gasteiger partial charge is 0.377 e. The molecule has 4 nitrogen and oxygen atoms in total. The standard InChI is InChI=1S/C15H22N2O2/c1-11(2)19-10-9-17-12(3)16-14(15(17)18)13-7-5-4-6-8-13/h4-8,11-12,14,16H,9-10H2,1-3H3. The van der Waals surface area contributed by atoms with E-state index in [1.807, 2.05) is 56.0 Å². The lowest BCUT2D eigenvalue weighted by atomic mass is 10.1. The van der Waals surface area contributed by atoms with Gasteiger partial charge in [0.25, 0.3) is 0 Å². The maximum Gasteiger partial charge on any atom is 0.245 e. The average Bonchev–Trinajstić information content (AvgIpc) is 2.67. The summed E-state index contributed by atoms with van der Waals surface area (Å²) in [5.74, 6) is 0.131. The second kappa shape index (κ2) is 6.17. The predicted molar refractivity (Wildman–Crippen MR) is 74.6 cm³/mol. The van der Waals surface area contributed by atoms with Crippen LogP contribution in [0.15, 0.2) is 30.3 Å². The van der Waals surface area contributed by atoms with Crippen molar-refractivity contribution < 1.29 is 9.53 Å². The first-order valence-corrected chi connectivity index (χ1v) is 6.82. The van der Waals surface area contributed by atoms with Crippen LogP contribution in [0.3, 0.4) is 0 Å². The van der Waals surface area contributed by atoms with E-state index >= 15 is 0 Å². The van der Waals surface area contributed by atoms with Gasteiger partial charge in [-0.1, -0.05) is 30.3 Å². The van der Waals surface area contributed by atoms with E-state index in [1.165, 1.54) is 0 Å². The molecule has 0 saturated carbocycles. The van der Waals surface area contributed by atoms with Crippen LogP contribution in [0.5, 0.6) is 0 Å². The molecule has 0 spiro atoms. The molecule has 2 rings (SSSR count). The monoisotopic (exact) mass is 262 g/mol. The van der Waals surface area contributed by atoms with E-state index in [0.29, 0.717) is 13.2 Å². The Bertz CT molecular complexity index is 419. The van der Waals surface area contributed by atoms with Crippen molar-refractivity contribution in [1.82, 2.24) is 10.2 Å². The lowest BCUT2D eigenvalue weighted by Gasteiger charge is -2.21. The zero-order valence-electron chi connectivity index (χ0n) is 11.8. The van der Waals surface area contributed by atoms with Gasteiger partial charge in [0.2, 0.25) is 5.91 Å². The molecule has 1 amide bonds. The highest BCUT2D eigenvalue weighted by molar-refractivity contribution is 5.85. The minimum absolute atomic E-state index is 0.0495. The van der Waals surface area contributed by atoms with Gasteiger partial charge in [-0.25, -0.2) is 0 Å². The molecule has 0 aromatic heterocycles. The number of hydrogen-bond acceptors (Lipinski definition) is 3. The summed E-state index contributed by atoms with van der Waals surface area (Å²) >= 11 is 0. The maximum atomic E-state index is 12.4. The number of nitrogens with one attached hydrogen (secondary N) is 1. The first-order chi connectivity index (χ1) is 9.09. The first-order valence-electron chi connectivity index (χ1n) is 6.82. The molecule has 1 aliphatic rings. The Kier molecular flexibility index (Phi) is 4.56. The summed E-state index contributed by atoms with van der Waals surface area (Å²) < 4.78 is 5.52. The molecule has 4 heteroatoms. The number of hydrogen-bond donors (Lipinski definition) is 1. The van der Waals surface area contributed by atoms with Gasteiger partial charge in [0.1, 0.15) is 6.04 Å². The number of benzene rings is 1. The van der Waals surface area contributed by atoms with E-state index in [1.54, 1.807) is 0 Å². The third kappa shape index (κ3) is 3.33. The van der Waals surface area contributed by atoms with Crippen molar-refractivity contribution in [2.24, 2.45) is 0 Å². The quantitative estimate of drug-likeness (QED) is 0.881.